The Kier molecular flexibility index (Phi) is 9.41. The van der Waals surface area contributed by atoms with Crippen LogP contribution in [0.4, 0.5) is 0 Å². The van der Waals surface area contributed by atoms with Gasteiger partial charge in [0.2, 0.25) is 0 Å². The third-order valence-corrected chi connectivity index (χ3v) is 6.28. The van der Waals surface area contributed by atoms with Crippen LogP contribution in [0.5, 0.6) is 5.75 Å². The number of aliphatic hydroxyl groups excluding tert-OH is 3. The molecule has 0 radical (unpaired) electrons. The molecule has 0 aliphatic carbocycles. The molecule has 12 nitrogen and oxygen atoms in total. The van der Waals surface area contributed by atoms with Crippen molar-refractivity contribution in [2.24, 2.45) is 0 Å². The number of amides is 1. The lowest BCUT2D eigenvalue weighted by molar-refractivity contribution is -0.261. The summed E-state index contributed by atoms with van der Waals surface area (Å²) in [7, 11) is 2.52. The van der Waals surface area contributed by atoms with Crippen LogP contribution in [0.15, 0.2) is 18.5 Å². The highest BCUT2D eigenvalue weighted by atomic mass is 35.5. The molecule has 1 saturated heterocycles. The minimum Gasteiger partial charge on any atom is -0.484 e. The number of carbonyl (C=O) groups excluding carboxylic acids is 2. The van der Waals surface area contributed by atoms with Crippen LogP contribution in [-0.4, -0.2) is 88.6 Å². The van der Waals surface area contributed by atoms with Crippen molar-refractivity contribution in [3.8, 4) is 5.75 Å². The Balaban J connectivity index is 1.75. The molecule has 2 aromatic rings. The number of aliphatic hydroxyl groups is 3. The quantitative estimate of drug-likeness (QED) is 0.343. The van der Waals surface area contributed by atoms with Gasteiger partial charge < -0.3 is 39.6 Å². The van der Waals surface area contributed by atoms with E-state index in [-0.39, 0.29) is 33.7 Å². The number of ether oxygens (including phenoxy) is 4. The molecule has 2 heterocycles. The van der Waals surface area contributed by atoms with Crippen molar-refractivity contribution < 1.29 is 43.9 Å². The highest BCUT2D eigenvalue weighted by Gasteiger charge is 2.45. The van der Waals surface area contributed by atoms with Crippen molar-refractivity contribution in [1.82, 2.24) is 15.3 Å². The monoisotopic (exact) mass is 545 g/mol. The molecule has 4 N–H and O–H groups in total. The van der Waals surface area contributed by atoms with Gasteiger partial charge in [0, 0.05) is 12.7 Å². The Hall–Kier alpha value is -2.58. The number of carbonyl (C=O) groups is 2. The Morgan fingerprint density at radius 1 is 1.17 bits per heavy atom. The SMILES string of the molecule is COC(=O)c1cnc(COc2c(Cl)cc(C(=O)N[C@H]3[C@@H](OC)O[C@H](CO)[C@@H](O)[C@@H]3O)c(C)c2Cl)cn1. The van der Waals surface area contributed by atoms with Gasteiger partial charge >= 0.3 is 5.97 Å². The van der Waals surface area contributed by atoms with Crippen molar-refractivity contribution in [2.45, 2.75) is 44.2 Å². The van der Waals surface area contributed by atoms with E-state index in [0.717, 1.165) is 0 Å². The van der Waals surface area contributed by atoms with Gasteiger partial charge in [-0.15, -0.1) is 0 Å². The lowest BCUT2D eigenvalue weighted by Crippen LogP contribution is -2.64. The minimum absolute atomic E-state index is 0.0269. The van der Waals surface area contributed by atoms with E-state index in [0.29, 0.717) is 11.3 Å². The van der Waals surface area contributed by atoms with Crippen LogP contribution in [0.1, 0.15) is 32.1 Å². The van der Waals surface area contributed by atoms with Crippen LogP contribution in [0.2, 0.25) is 10.0 Å². The number of hydrogen-bond donors (Lipinski definition) is 4. The molecular weight excluding hydrogens is 521 g/mol. The van der Waals surface area contributed by atoms with Crippen LogP contribution >= 0.6 is 23.2 Å². The molecule has 1 fully saturated rings. The van der Waals surface area contributed by atoms with Crippen molar-refractivity contribution in [3.63, 3.8) is 0 Å². The summed E-state index contributed by atoms with van der Waals surface area (Å²) >= 11 is 12.8. The lowest BCUT2D eigenvalue weighted by Gasteiger charge is -2.41. The molecule has 196 valence electrons. The predicted molar refractivity (Wildman–Crippen MR) is 125 cm³/mol. The second-order valence-electron chi connectivity index (χ2n) is 7.79. The second kappa shape index (κ2) is 12.1. The average Bonchev–Trinajstić information content (AvgIpc) is 2.88. The zero-order chi connectivity index (χ0) is 26.6. The van der Waals surface area contributed by atoms with Gasteiger partial charge in [0.15, 0.2) is 17.7 Å². The summed E-state index contributed by atoms with van der Waals surface area (Å²) in [6, 6.07) is 0.185. The average molecular weight is 546 g/mol. The fourth-order valence-corrected chi connectivity index (χ4v) is 4.08. The van der Waals surface area contributed by atoms with Crippen LogP contribution < -0.4 is 10.1 Å². The minimum atomic E-state index is -1.48. The first-order valence-electron chi connectivity index (χ1n) is 10.6. The van der Waals surface area contributed by atoms with Crippen LogP contribution in [0, 0.1) is 6.92 Å². The van der Waals surface area contributed by atoms with Gasteiger partial charge in [0.1, 0.15) is 31.0 Å². The maximum absolute atomic E-state index is 13.0. The first-order valence-corrected chi connectivity index (χ1v) is 11.3. The highest BCUT2D eigenvalue weighted by molar-refractivity contribution is 6.38. The molecule has 1 aromatic carbocycles. The smallest absolute Gasteiger partial charge is 0.358 e. The normalized spacial score (nSPS) is 23.7. The van der Waals surface area contributed by atoms with E-state index in [1.807, 2.05) is 0 Å². The number of rotatable bonds is 8. The topological polar surface area (TPSA) is 170 Å². The summed E-state index contributed by atoms with van der Waals surface area (Å²) in [4.78, 5) is 32.5. The maximum Gasteiger partial charge on any atom is 0.358 e. The molecule has 0 bridgehead atoms. The van der Waals surface area contributed by atoms with Gasteiger partial charge in [-0.25, -0.2) is 9.78 Å². The molecule has 1 aliphatic rings. The molecule has 0 saturated carbocycles. The molecule has 1 aromatic heterocycles. The van der Waals surface area contributed by atoms with E-state index >= 15 is 0 Å². The molecule has 0 spiro atoms. The number of benzene rings is 1. The van der Waals surface area contributed by atoms with Gasteiger partial charge in [-0.1, -0.05) is 23.2 Å². The summed E-state index contributed by atoms with van der Waals surface area (Å²) in [6.45, 7) is 0.944. The maximum atomic E-state index is 13.0. The molecule has 36 heavy (non-hydrogen) atoms. The van der Waals surface area contributed by atoms with Gasteiger partial charge in [-0.2, -0.15) is 0 Å². The first kappa shape index (κ1) is 28.0. The van der Waals surface area contributed by atoms with Crippen molar-refractivity contribution in [1.29, 1.82) is 0 Å². The molecular formula is C22H25Cl2N3O9. The van der Waals surface area contributed by atoms with E-state index in [9.17, 15) is 24.9 Å². The van der Waals surface area contributed by atoms with E-state index in [1.165, 1.54) is 32.7 Å². The fourth-order valence-electron chi connectivity index (χ4n) is 3.51. The number of aromatic nitrogens is 2. The number of esters is 1. The van der Waals surface area contributed by atoms with Gasteiger partial charge in [0.05, 0.1) is 41.8 Å². The van der Waals surface area contributed by atoms with Crippen LogP contribution in [0.3, 0.4) is 0 Å². The van der Waals surface area contributed by atoms with Crippen molar-refractivity contribution in [2.75, 3.05) is 20.8 Å². The molecule has 1 aliphatic heterocycles. The van der Waals surface area contributed by atoms with Gasteiger partial charge in [0.25, 0.3) is 5.91 Å². The second-order valence-corrected chi connectivity index (χ2v) is 8.57. The Bertz CT molecular complexity index is 1100. The fraction of sp³-hybridized carbons (Fsp3) is 0.455. The number of hydrogen-bond acceptors (Lipinski definition) is 11. The highest BCUT2D eigenvalue weighted by Crippen LogP contribution is 2.38. The van der Waals surface area contributed by atoms with Gasteiger partial charge in [-0.05, 0) is 18.6 Å². The Morgan fingerprint density at radius 3 is 2.47 bits per heavy atom. The summed E-state index contributed by atoms with van der Waals surface area (Å²) in [6.07, 6.45) is -2.58. The lowest BCUT2D eigenvalue weighted by atomic mass is 9.96. The zero-order valence-electron chi connectivity index (χ0n) is 19.5. The van der Waals surface area contributed by atoms with Crippen LogP contribution in [0.25, 0.3) is 0 Å². The zero-order valence-corrected chi connectivity index (χ0v) is 21.0. The summed E-state index contributed by atoms with van der Waals surface area (Å²) in [5, 5.41) is 32.6. The summed E-state index contributed by atoms with van der Waals surface area (Å²) in [5.41, 5.74) is 0.827. The van der Waals surface area contributed by atoms with Gasteiger partial charge in [-0.3, -0.25) is 9.78 Å². The number of nitrogens with one attached hydrogen (secondary N) is 1. The summed E-state index contributed by atoms with van der Waals surface area (Å²) in [5.74, 6) is -1.20. The standard InChI is InChI=1S/C22H25Cl2N3O9/c1-9-11(20(31)27-16-18(30)17(29)14(7-28)36-22(16)34-3)4-12(23)19(15(9)24)35-8-10-5-26-13(6-25-10)21(32)33-2/h4-6,14,16-18,22,28-30H,7-8H2,1-3H3,(H,27,31)/t14-,16-,17-,18-,22+/m1/s1. The summed E-state index contributed by atoms with van der Waals surface area (Å²) < 4.78 is 20.8. The molecule has 14 heteroatoms. The van der Waals surface area contributed by atoms with Crippen LogP contribution in [-0.2, 0) is 20.8 Å². The predicted octanol–water partition coefficient (Wildman–Crippen LogP) is 0.641. The third kappa shape index (κ3) is 5.86. The Morgan fingerprint density at radius 2 is 1.89 bits per heavy atom. The molecule has 1 amide bonds. The third-order valence-electron chi connectivity index (χ3n) is 5.54. The molecule has 5 atom stereocenters. The number of methoxy groups -OCH3 is 2. The molecule has 0 unspecified atom stereocenters. The van der Waals surface area contributed by atoms with Crippen molar-refractivity contribution >= 4 is 35.1 Å². The Labute approximate surface area is 216 Å². The van der Waals surface area contributed by atoms with E-state index in [4.69, 9.17) is 37.4 Å². The first-order chi connectivity index (χ1) is 17.1. The van der Waals surface area contributed by atoms with E-state index in [1.54, 1.807) is 6.92 Å². The molecule has 3 rings (SSSR count). The number of nitrogens with zero attached hydrogens (tertiary/aromatic N) is 2. The van der Waals surface area contributed by atoms with E-state index in [2.05, 4.69) is 20.0 Å². The van der Waals surface area contributed by atoms with Crippen molar-refractivity contribution in [3.05, 3.63) is 51.0 Å². The number of halogens is 2. The largest absolute Gasteiger partial charge is 0.484 e. The van der Waals surface area contributed by atoms with E-state index < -0.39 is 49.1 Å².